The van der Waals surface area contributed by atoms with Gasteiger partial charge in [0, 0.05) is 45.2 Å². The average molecular weight is 372 g/mol. The van der Waals surface area contributed by atoms with Crippen molar-refractivity contribution in [3.05, 3.63) is 29.8 Å². The molecular weight excluding hydrogens is 352 g/mol. The molecule has 4 rings (SSSR count). The number of benzene rings is 1. The summed E-state index contributed by atoms with van der Waals surface area (Å²) in [7, 11) is 0. The predicted octanol–water partition coefficient (Wildman–Crippen LogP) is 1.42. The van der Waals surface area contributed by atoms with Gasteiger partial charge in [0.05, 0.1) is 11.6 Å². The molecule has 5 nitrogen and oxygen atoms in total. The number of fused-ring (bicyclic) bond motifs is 1. The standard InChI is InChI=1S/C17H19F2N3O2.ClH/c18-13-1-2-15(14(19)4-13)22-9-10(3-16(22)23)17(24)21-7-11-5-20-6-12(11)8-21;/h1-2,4,10-12,20H,3,5-9H2;1H/t10?,11-,12+;. The summed E-state index contributed by atoms with van der Waals surface area (Å²) in [5, 5.41) is 3.33. The molecule has 8 heteroatoms. The fourth-order valence-electron chi connectivity index (χ4n) is 4.10. The summed E-state index contributed by atoms with van der Waals surface area (Å²) in [5.41, 5.74) is 0.0409. The molecule has 0 bridgehead atoms. The van der Waals surface area contributed by atoms with Crippen LogP contribution in [0.2, 0.25) is 0 Å². The molecule has 3 heterocycles. The van der Waals surface area contributed by atoms with E-state index in [1.807, 2.05) is 4.90 Å². The van der Waals surface area contributed by atoms with Crippen molar-refractivity contribution >= 4 is 29.9 Å². The number of carbonyl (C=O) groups excluding carboxylic acids is 2. The number of rotatable bonds is 2. The first-order valence-corrected chi connectivity index (χ1v) is 8.28. The molecule has 1 N–H and O–H groups in total. The molecule has 1 unspecified atom stereocenters. The summed E-state index contributed by atoms with van der Waals surface area (Å²) in [6.07, 6.45) is 0.0831. The number of likely N-dealkylation sites (tertiary alicyclic amines) is 1. The molecular formula is C17H20ClF2N3O2. The van der Waals surface area contributed by atoms with E-state index in [2.05, 4.69) is 5.32 Å². The van der Waals surface area contributed by atoms with E-state index in [4.69, 9.17) is 0 Å². The molecule has 2 amide bonds. The lowest BCUT2D eigenvalue weighted by Crippen LogP contribution is -2.37. The quantitative estimate of drug-likeness (QED) is 0.855. The van der Waals surface area contributed by atoms with E-state index < -0.39 is 17.6 Å². The van der Waals surface area contributed by atoms with Crippen LogP contribution in [0.25, 0.3) is 0 Å². The lowest BCUT2D eigenvalue weighted by molar-refractivity contribution is -0.135. The highest BCUT2D eigenvalue weighted by Crippen LogP contribution is 2.32. The second-order valence-corrected chi connectivity index (χ2v) is 6.92. The van der Waals surface area contributed by atoms with Crippen molar-refractivity contribution in [3.63, 3.8) is 0 Å². The first-order chi connectivity index (χ1) is 11.5. The SMILES string of the molecule is Cl.O=C(C1CC(=O)N(c2ccc(F)cc2F)C1)N1C[C@H]2CNC[C@H]2C1. The van der Waals surface area contributed by atoms with E-state index in [1.54, 1.807) is 0 Å². The number of nitrogens with one attached hydrogen (secondary N) is 1. The van der Waals surface area contributed by atoms with Gasteiger partial charge in [0.25, 0.3) is 0 Å². The Hall–Kier alpha value is -1.73. The summed E-state index contributed by atoms with van der Waals surface area (Å²) in [6, 6.07) is 3.13. The zero-order valence-corrected chi connectivity index (χ0v) is 14.4. The molecule has 3 fully saturated rings. The number of anilines is 1. The Morgan fingerprint density at radius 3 is 2.44 bits per heavy atom. The van der Waals surface area contributed by atoms with Gasteiger partial charge in [-0.05, 0) is 24.0 Å². The van der Waals surface area contributed by atoms with E-state index in [0.717, 1.165) is 38.3 Å². The number of nitrogens with zero attached hydrogens (tertiary/aromatic N) is 2. The van der Waals surface area contributed by atoms with E-state index in [1.165, 1.54) is 11.0 Å². The largest absolute Gasteiger partial charge is 0.342 e. The van der Waals surface area contributed by atoms with Gasteiger partial charge in [-0.25, -0.2) is 8.78 Å². The molecule has 0 radical (unpaired) electrons. The molecule has 1 aromatic rings. The van der Waals surface area contributed by atoms with E-state index in [9.17, 15) is 18.4 Å². The highest BCUT2D eigenvalue weighted by molar-refractivity contribution is 6.00. The van der Waals surface area contributed by atoms with Crippen LogP contribution in [0.5, 0.6) is 0 Å². The van der Waals surface area contributed by atoms with Gasteiger partial charge < -0.3 is 15.1 Å². The Balaban J connectivity index is 0.00000182. The molecule has 3 atom stereocenters. The van der Waals surface area contributed by atoms with Gasteiger partial charge in [-0.3, -0.25) is 9.59 Å². The molecule has 25 heavy (non-hydrogen) atoms. The van der Waals surface area contributed by atoms with Crippen molar-refractivity contribution in [2.75, 3.05) is 37.6 Å². The summed E-state index contributed by atoms with van der Waals surface area (Å²) in [5.74, 6) is -1.24. The lowest BCUT2D eigenvalue weighted by Gasteiger charge is -2.22. The Bertz CT molecular complexity index is 690. The number of carbonyl (C=O) groups is 2. The third-order valence-electron chi connectivity index (χ3n) is 5.38. The summed E-state index contributed by atoms with van der Waals surface area (Å²) in [4.78, 5) is 28.0. The van der Waals surface area contributed by atoms with Crippen LogP contribution in [-0.2, 0) is 9.59 Å². The zero-order valence-electron chi connectivity index (χ0n) is 13.6. The van der Waals surface area contributed by atoms with Crippen LogP contribution in [-0.4, -0.2) is 49.4 Å². The second-order valence-electron chi connectivity index (χ2n) is 6.92. The predicted molar refractivity (Wildman–Crippen MR) is 90.5 cm³/mol. The molecule has 0 aliphatic carbocycles. The third kappa shape index (κ3) is 3.22. The van der Waals surface area contributed by atoms with Gasteiger partial charge >= 0.3 is 0 Å². The number of hydrogen-bond donors (Lipinski definition) is 1. The average Bonchev–Trinajstić information content (AvgIpc) is 3.21. The molecule has 3 saturated heterocycles. The van der Waals surface area contributed by atoms with Gasteiger partial charge in [0.15, 0.2) is 0 Å². The minimum Gasteiger partial charge on any atom is -0.342 e. The van der Waals surface area contributed by atoms with Crippen molar-refractivity contribution in [2.24, 2.45) is 17.8 Å². The molecule has 0 saturated carbocycles. The van der Waals surface area contributed by atoms with Crippen LogP contribution in [0.1, 0.15) is 6.42 Å². The monoisotopic (exact) mass is 371 g/mol. The van der Waals surface area contributed by atoms with Gasteiger partial charge in [0.1, 0.15) is 11.6 Å². The van der Waals surface area contributed by atoms with Crippen LogP contribution in [0.15, 0.2) is 18.2 Å². The van der Waals surface area contributed by atoms with Gasteiger partial charge in [-0.2, -0.15) is 0 Å². The first kappa shape index (κ1) is 18.1. The Kier molecular flexibility index (Phi) is 4.97. The fourth-order valence-corrected chi connectivity index (χ4v) is 4.10. The maximum absolute atomic E-state index is 13.9. The Labute approximate surface area is 150 Å². The van der Waals surface area contributed by atoms with Crippen molar-refractivity contribution in [3.8, 4) is 0 Å². The van der Waals surface area contributed by atoms with Gasteiger partial charge in [0.2, 0.25) is 11.8 Å². The molecule has 3 aliphatic rings. The van der Waals surface area contributed by atoms with Crippen LogP contribution in [0.4, 0.5) is 14.5 Å². The van der Waals surface area contributed by atoms with E-state index in [0.29, 0.717) is 11.8 Å². The number of hydrogen-bond acceptors (Lipinski definition) is 3. The van der Waals surface area contributed by atoms with Crippen LogP contribution < -0.4 is 10.2 Å². The van der Waals surface area contributed by atoms with Gasteiger partial charge in [-0.1, -0.05) is 0 Å². The zero-order chi connectivity index (χ0) is 16.8. The summed E-state index contributed by atoms with van der Waals surface area (Å²) >= 11 is 0. The van der Waals surface area contributed by atoms with Crippen molar-refractivity contribution in [2.45, 2.75) is 6.42 Å². The minimum atomic E-state index is -0.779. The minimum absolute atomic E-state index is 0. The summed E-state index contributed by atoms with van der Waals surface area (Å²) < 4.78 is 27.0. The summed E-state index contributed by atoms with van der Waals surface area (Å²) in [6.45, 7) is 3.48. The van der Waals surface area contributed by atoms with E-state index in [-0.39, 0.29) is 42.9 Å². The van der Waals surface area contributed by atoms with Crippen LogP contribution >= 0.6 is 12.4 Å². The molecule has 0 spiro atoms. The van der Waals surface area contributed by atoms with Crippen molar-refractivity contribution in [1.29, 1.82) is 0 Å². The van der Waals surface area contributed by atoms with Gasteiger partial charge in [-0.15, -0.1) is 12.4 Å². The van der Waals surface area contributed by atoms with E-state index >= 15 is 0 Å². The topological polar surface area (TPSA) is 52.7 Å². The molecule has 136 valence electrons. The maximum atomic E-state index is 13.9. The Morgan fingerprint density at radius 1 is 1.12 bits per heavy atom. The van der Waals surface area contributed by atoms with Crippen molar-refractivity contribution in [1.82, 2.24) is 10.2 Å². The second kappa shape index (κ2) is 6.88. The smallest absolute Gasteiger partial charge is 0.228 e. The number of amides is 2. The first-order valence-electron chi connectivity index (χ1n) is 8.28. The van der Waals surface area contributed by atoms with Crippen LogP contribution in [0.3, 0.4) is 0 Å². The lowest BCUT2D eigenvalue weighted by atomic mass is 10.0. The van der Waals surface area contributed by atoms with Crippen molar-refractivity contribution < 1.29 is 18.4 Å². The number of halogens is 3. The maximum Gasteiger partial charge on any atom is 0.228 e. The Morgan fingerprint density at radius 2 is 1.80 bits per heavy atom. The third-order valence-corrected chi connectivity index (χ3v) is 5.38. The highest BCUT2D eigenvalue weighted by atomic mass is 35.5. The normalized spacial score (nSPS) is 28.2. The highest BCUT2D eigenvalue weighted by Gasteiger charge is 2.43. The molecule has 1 aromatic carbocycles. The molecule has 0 aromatic heterocycles. The fraction of sp³-hybridized carbons (Fsp3) is 0.529. The molecule has 3 aliphatic heterocycles. The van der Waals surface area contributed by atoms with Crippen LogP contribution in [0, 0.1) is 29.4 Å².